The molecule has 0 saturated carbocycles. The Hall–Kier alpha value is -18.0. The van der Waals surface area contributed by atoms with E-state index in [-0.39, 0.29) is 0 Å². The predicted molar refractivity (Wildman–Crippen MR) is 574 cm³/mol. The van der Waals surface area contributed by atoms with Crippen LogP contribution < -0.4 is 0 Å². The van der Waals surface area contributed by atoms with Crippen molar-refractivity contribution in [1.29, 1.82) is 0 Å². The predicted octanol–water partition coefficient (Wildman–Crippen LogP) is 35.1. The Balaban J connectivity index is 0.546. The van der Waals surface area contributed by atoms with Crippen LogP contribution in [0.15, 0.2) is 510 Å². The molecule has 0 aliphatic heterocycles. The van der Waals surface area contributed by atoms with Gasteiger partial charge in [0.15, 0.2) is 0 Å². The second-order valence-corrected chi connectivity index (χ2v) is 37.0. The molecule has 0 atom stereocenters. The summed E-state index contributed by atoms with van der Waals surface area (Å²) in [6, 6.07) is 191. The highest BCUT2D eigenvalue weighted by Gasteiger charge is 2.52. The van der Waals surface area contributed by atoms with Crippen LogP contribution in [-0.2, 0) is 5.41 Å². The normalized spacial score (nSPS) is 12.4. The van der Waals surface area contributed by atoms with E-state index in [0.717, 1.165) is 78.1 Å². The minimum atomic E-state index is -0.630. The lowest BCUT2D eigenvalue weighted by molar-refractivity contribution is 0.794. The van der Waals surface area contributed by atoms with Gasteiger partial charge in [-0.2, -0.15) is 0 Å². The van der Waals surface area contributed by atoms with E-state index < -0.39 is 5.41 Å². The second kappa shape index (κ2) is 31.1. The number of benzene rings is 22. The molecule has 0 unspecified atom stereocenters. The van der Waals surface area contributed by atoms with E-state index in [9.17, 15) is 0 Å². The van der Waals surface area contributed by atoms with Gasteiger partial charge in [0.2, 0.25) is 0 Å². The third-order valence-electron chi connectivity index (χ3n) is 29.5. The molecule has 2 aliphatic rings. The first-order chi connectivity index (χ1) is 67.9. The Labute approximate surface area is 793 Å². The average Bonchev–Trinajstić information content (AvgIpc) is 1.50. The summed E-state index contributed by atoms with van der Waals surface area (Å²) in [5.41, 5.74) is 47.0. The first kappa shape index (κ1) is 77.8. The van der Waals surface area contributed by atoms with Crippen LogP contribution in [0.5, 0.6) is 0 Å². The molecule has 636 valence electrons. The third-order valence-corrected chi connectivity index (χ3v) is 29.5. The van der Waals surface area contributed by atoms with Crippen LogP contribution in [0.3, 0.4) is 0 Å². The van der Waals surface area contributed by atoms with Gasteiger partial charge in [0.1, 0.15) is 0 Å². The van der Waals surface area contributed by atoms with Gasteiger partial charge in [-0.3, -0.25) is 0 Å². The molecule has 137 heavy (non-hydrogen) atoms. The summed E-state index contributed by atoms with van der Waals surface area (Å²) in [6.07, 6.45) is 0. The molecule has 4 nitrogen and oxygen atoms in total. The quantitative estimate of drug-likeness (QED) is 0.103. The highest BCUT2D eigenvalue weighted by atomic mass is 15.0. The molecule has 0 bridgehead atoms. The number of hydrogen-bond acceptors (Lipinski definition) is 0. The minimum absolute atomic E-state index is 0.630. The number of fused-ring (bicyclic) bond motifs is 22. The molecule has 28 rings (SSSR count). The first-order valence-electron chi connectivity index (χ1n) is 47.5. The van der Waals surface area contributed by atoms with Gasteiger partial charge in [-0.1, -0.05) is 328 Å². The Morgan fingerprint density at radius 1 is 0.109 bits per heavy atom. The number of aromatic nitrogens is 4. The summed E-state index contributed by atoms with van der Waals surface area (Å²) in [7, 11) is 0. The van der Waals surface area contributed by atoms with Gasteiger partial charge < -0.3 is 18.3 Å². The molecule has 1 spiro atoms. The van der Waals surface area contributed by atoms with Crippen LogP contribution in [0.1, 0.15) is 22.3 Å². The Bertz CT molecular complexity index is 8780. The molecule has 0 radical (unpaired) electrons. The fourth-order valence-corrected chi connectivity index (χ4v) is 23.3. The lowest BCUT2D eigenvalue weighted by atomic mass is 9.70. The molecule has 0 amide bonds. The van der Waals surface area contributed by atoms with E-state index in [1.54, 1.807) is 0 Å². The zero-order valence-corrected chi connectivity index (χ0v) is 74.8. The standard InChI is InChI=1S/C133H84N4/c1-7-29-85(30-8-1)99-69-100(86-31-9-2-10-32-86)72-103(71-99)89-37-27-43-107(75-89)136-125-51-25-21-47-113(125)115-77-91(55-63-127(115)136)93-57-65-129-117(79-93)119-81-95(59-67-131(119)134(129)105-39-15-5-16-40-105)97-53-61-111-112-62-54-98(84-124(112)133(123(111)83-97)121-49-23-19-45-109(121)110-46-20-24-50-122(110)133)96-60-68-132-120(82-96)118-80-94(58-66-130(118)135(132)106-41-17-6-18-42-106)92-56-64-128-116(78-92)114-48-22-26-52-126(114)137(128)108-44-28-38-90(76-108)104-73-101(87-33-11-3-12-34-87)70-102(74-104)88-35-13-4-14-36-88/h1-84H. The van der Waals surface area contributed by atoms with E-state index in [1.807, 2.05) is 0 Å². The van der Waals surface area contributed by atoms with E-state index in [1.165, 1.54) is 188 Å². The Kier molecular flexibility index (Phi) is 17.7. The fraction of sp³-hybridized carbons (Fsp3) is 0.00752. The maximum Gasteiger partial charge on any atom is 0.0725 e. The van der Waals surface area contributed by atoms with Crippen molar-refractivity contribution in [1.82, 2.24) is 18.3 Å². The van der Waals surface area contributed by atoms with Crippen LogP contribution in [0.25, 0.3) is 243 Å². The lowest BCUT2D eigenvalue weighted by Gasteiger charge is -2.31. The maximum absolute atomic E-state index is 2.55. The number of rotatable bonds is 14. The molecule has 26 aromatic rings. The minimum Gasteiger partial charge on any atom is -0.309 e. The molecule has 0 saturated heterocycles. The summed E-state index contributed by atoms with van der Waals surface area (Å²) < 4.78 is 9.81. The van der Waals surface area contributed by atoms with Gasteiger partial charge >= 0.3 is 0 Å². The zero-order chi connectivity index (χ0) is 89.9. The summed E-state index contributed by atoms with van der Waals surface area (Å²) in [5, 5.41) is 9.65. The number of para-hydroxylation sites is 4. The fourth-order valence-electron chi connectivity index (χ4n) is 23.3. The smallest absolute Gasteiger partial charge is 0.0725 e. The molecule has 4 heterocycles. The number of nitrogens with zero attached hydrogens (tertiary/aromatic N) is 4. The monoisotopic (exact) mass is 1740 g/mol. The van der Waals surface area contributed by atoms with Gasteiger partial charge in [0, 0.05) is 65.8 Å². The average molecular weight is 1740 g/mol. The highest BCUT2D eigenvalue weighted by molar-refractivity contribution is 6.17. The summed E-state index contributed by atoms with van der Waals surface area (Å²) >= 11 is 0. The van der Waals surface area contributed by atoms with Crippen LogP contribution in [0, 0.1) is 0 Å². The lowest BCUT2D eigenvalue weighted by Crippen LogP contribution is -2.26. The molecule has 22 aromatic carbocycles. The van der Waals surface area contributed by atoms with E-state index in [4.69, 9.17) is 0 Å². The van der Waals surface area contributed by atoms with Gasteiger partial charge in [-0.05, 0) is 338 Å². The summed E-state index contributed by atoms with van der Waals surface area (Å²) in [4.78, 5) is 0. The molecular weight excluding hydrogens is 1650 g/mol. The van der Waals surface area contributed by atoms with Crippen molar-refractivity contribution in [2.24, 2.45) is 0 Å². The van der Waals surface area contributed by atoms with Crippen molar-refractivity contribution < 1.29 is 0 Å². The SMILES string of the molecule is c1ccc(-c2cc(-c3ccccc3)cc(-c3cccc(-n4c5ccccc5c5cc(-c6ccc7c(c6)c6cc(-c8ccc9c(c8)C8(c%10ccccc%10-c%10ccccc%108)c8cc(-c%10ccc%11c(c%10)c%10cc(-c%12ccc%13c(c%12)c%12ccccc%12n%13-c%12cccc(-c%13cc(-c%14ccccc%14)cc(-c%14ccccc%14)c%13)c%12)ccc%10n%11-c%10ccccc%10)ccc8-9)ccc6n7-c6ccccc6)ccc54)c3)c2)cc1. The summed E-state index contributed by atoms with van der Waals surface area (Å²) in [6.45, 7) is 0. The molecule has 4 aromatic heterocycles. The molecule has 0 N–H and O–H groups in total. The summed E-state index contributed by atoms with van der Waals surface area (Å²) in [5.74, 6) is 0. The van der Waals surface area contributed by atoms with Crippen molar-refractivity contribution >= 4 is 87.2 Å². The maximum atomic E-state index is 2.55. The van der Waals surface area contributed by atoms with Crippen molar-refractivity contribution in [3.05, 3.63) is 532 Å². The van der Waals surface area contributed by atoms with Crippen LogP contribution in [0.4, 0.5) is 0 Å². The van der Waals surface area contributed by atoms with Crippen molar-refractivity contribution in [3.8, 4) is 156 Å². The first-order valence-corrected chi connectivity index (χ1v) is 47.5. The van der Waals surface area contributed by atoms with Crippen LogP contribution >= 0.6 is 0 Å². The zero-order valence-electron chi connectivity index (χ0n) is 74.8. The highest BCUT2D eigenvalue weighted by Crippen LogP contribution is 2.64. The van der Waals surface area contributed by atoms with Crippen molar-refractivity contribution in [2.75, 3.05) is 0 Å². The van der Waals surface area contributed by atoms with Crippen LogP contribution in [-0.4, -0.2) is 18.3 Å². The molecular formula is C133H84N4. The van der Waals surface area contributed by atoms with E-state index in [0.29, 0.717) is 0 Å². The van der Waals surface area contributed by atoms with Gasteiger partial charge in [0.05, 0.1) is 49.5 Å². The molecule has 2 aliphatic carbocycles. The van der Waals surface area contributed by atoms with Crippen LogP contribution in [0.2, 0.25) is 0 Å². The number of hydrogen-bond donors (Lipinski definition) is 0. The second-order valence-electron chi connectivity index (χ2n) is 37.0. The Morgan fingerprint density at radius 2 is 0.321 bits per heavy atom. The topological polar surface area (TPSA) is 19.7 Å². The largest absolute Gasteiger partial charge is 0.309 e. The third kappa shape index (κ3) is 12.4. The van der Waals surface area contributed by atoms with Crippen molar-refractivity contribution in [2.45, 2.75) is 5.41 Å². The van der Waals surface area contributed by atoms with Gasteiger partial charge in [-0.25, -0.2) is 0 Å². The van der Waals surface area contributed by atoms with Gasteiger partial charge in [0.25, 0.3) is 0 Å². The van der Waals surface area contributed by atoms with E-state index in [2.05, 4.69) is 528 Å². The molecule has 4 heteroatoms. The molecule has 0 fully saturated rings. The Morgan fingerprint density at radius 3 is 0.642 bits per heavy atom. The van der Waals surface area contributed by atoms with Gasteiger partial charge in [-0.15, -0.1) is 0 Å². The van der Waals surface area contributed by atoms with Crippen molar-refractivity contribution in [3.63, 3.8) is 0 Å². The van der Waals surface area contributed by atoms with E-state index >= 15 is 0 Å².